The molecule has 34 heavy (non-hydrogen) atoms. The number of amides is 1. The molecule has 0 spiro atoms. The van der Waals surface area contributed by atoms with E-state index in [1.165, 1.54) is 0 Å². The molecule has 3 heterocycles. The van der Waals surface area contributed by atoms with Crippen molar-refractivity contribution in [1.29, 1.82) is 0 Å². The summed E-state index contributed by atoms with van der Waals surface area (Å²) in [5.74, 6) is 1.41. The summed E-state index contributed by atoms with van der Waals surface area (Å²) in [5.41, 5.74) is 4.84. The highest BCUT2D eigenvalue weighted by Crippen LogP contribution is 2.39. The van der Waals surface area contributed by atoms with Crippen LogP contribution in [0, 0.1) is 0 Å². The Morgan fingerprint density at radius 1 is 1.12 bits per heavy atom. The van der Waals surface area contributed by atoms with Crippen molar-refractivity contribution in [2.24, 2.45) is 0 Å². The van der Waals surface area contributed by atoms with Gasteiger partial charge in [-0.2, -0.15) is 11.3 Å². The van der Waals surface area contributed by atoms with Gasteiger partial charge in [0.05, 0.1) is 13.0 Å². The van der Waals surface area contributed by atoms with E-state index in [-0.39, 0.29) is 5.91 Å². The van der Waals surface area contributed by atoms with Gasteiger partial charge < -0.3 is 14.4 Å². The second-order valence-electron chi connectivity index (χ2n) is 8.10. The molecule has 0 fully saturated rings. The van der Waals surface area contributed by atoms with Crippen molar-refractivity contribution in [2.45, 2.75) is 19.6 Å². The van der Waals surface area contributed by atoms with Crippen LogP contribution in [0.15, 0.2) is 77.8 Å². The summed E-state index contributed by atoms with van der Waals surface area (Å²) in [6.45, 7) is 1.74. The van der Waals surface area contributed by atoms with Crippen LogP contribution >= 0.6 is 22.9 Å². The summed E-state index contributed by atoms with van der Waals surface area (Å²) in [6, 6.07) is 17.6. The molecule has 5 rings (SSSR count). The van der Waals surface area contributed by atoms with Crippen molar-refractivity contribution in [2.75, 3.05) is 13.2 Å². The van der Waals surface area contributed by atoms with Crippen LogP contribution in [0.3, 0.4) is 0 Å². The van der Waals surface area contributed by atoms with Gasteiger partial charge in [0.1, 0.15) is 13.2 Å². The van der Waals surface area contributed by atoms with Gasteiger partial charge in [-0.05, 0) is 63.8 Å². The summed E-state index contributed by atoms with van der Waals surface area (Å²) < 4.78 is 12.4. The smallest absolute Gasteiger partial charge is 0.227 e. The van der Waals surface area contributed by atoms with Gasteiger partial charge >= 0.3 is 0 Å². The van der Waals surface area contributed by atoms with Crippen LogP contribution in [0.4, 0.5) is 0 Å². The largest absolute Gasteiger partial charge is 0.487 e. The van der Waals surface area contributed by atoms with Gasteiger partial charge in [0, 0.05) is 35.1 Å². The minimum Gasteiger partial charge on any atom is -0.487 e. The molecular formula is C27H23ClN2O3S. The molecule has 5 nitrogen and oxygen atoms in total. The molecule has 7 heteroatoms. The van der Waals surface area contributed by atoms with Crippen molar-refractivity contribution in [3.8, 4) is 22.6 Å². The number of rotatable bonds is 6. The third-order valence-corrected chi connectivity index (χ3v) is 6.63. The molecule has 0 aliphatic carbocycles. The Morgan fingerprint density at radius 2 is 2.06 bits per heavy atom. The first-order chi connectivity index (χ1) is 16.7. The molecule has 1 aliphatic rings. The van der Waals surface area contributed by atoms with Crippen LogP contribution in [0.2, 0.25) is 5.02 Å². The summed E-state index contributed by atoms with van der Waals surface area (Å²) in [5, 5.41) is 4.67. The Hall–Kier alpha value is -3.35. The first-order valence-electron chi connectivity index (χ1n) is 11.0. The van der Waals surface area contributed by atoms with Crippen molar-refractivity contribution in [3.05, 3.63) is 99.5 Å². The molecule has 0 bridgehead atoms. The predicted octanol–water partition coefficient (Wildman–Crippen LogP) is 6.01. The van der Waals surface area contributed by atoms with Crippen molar-refractivity contribution in [1.82, 2.24) is 9.88 Å². The molecule has 0 radical (unpaired) electrons. The zero-order chi connectivity index (χ0) is 23.3. The molecule has 2 aromatic carbocycles. The Morgan fingerprint density at radius 3 is 2.85 bits per heavy atom. The number of halogens is 1. The maximum absolute atomic E-state index is 13.0. The van der Waals surface area contributed by atoms with E-state index in [1.807, 2.05) is 64.2 Å². The molecule has 1 amide bonds. The average molecular weight is 491 g/mol. The summed E-state index contributed by atoms with van der Waals surface area (Å²) >= 11 is 7.86. The topological polar surface area (TPSA) is 51.7 Å². The molecular weight excluding hydrogens is 468 g/mol. The number of ether oxygens (including phenoxy) is 2. The van der Waals surface area contributed by atoms with E-state index in [1.54, 1.807) is 23.7 Å². The number of hydrogen-bond donors (Lipinski definition) is 0. The van der Waals surface area contributed by atoms with E-state index < -0.39 is 0 Å². The molecule has 1 aliphatic heterocycles. The average Bonchev–Trinajstić information content (AvgIpc) is 3.26. The van der Waals surface area contributed by atoms with Gasteiger partial charge in [-0.15, -0.1) is 0 Å². The number of aromatic nitrogens is 1. The minimum atomic E-state index is 0.0841. The monoisotopic (exact) mass is 490 g/mol. The lowest BCUT2D eigenvalue weighted by molar-refractivity contribution is -0.131. The van der Waals surface area contributed by atoms with E-state index in [0.29, 0.717) is 49.2 Å². The zero-order valence-corrected chi connectivity index (χ0v) is 20.0. The van der Waals surface area contributed by atoms with Gasteiger partial charge in [0.2, 0.25) is 5.91 Å². The van der Waals surface area contributed by atoms with E-state index in [9.17, 15) is 4.79 Å². The van der Waals surface area contributed by atoms with E-state index in [4.69, 9.17) is 21.1 Å². The maximum atomic E-state index is 13.0. The maximum Gasteiger partial charge on any atom is 0.227 e. The number of fused-ring (bicyclic) bond motifs is 1. The van der Waals surface area contributed by atoms with Crippen molar-refractivity contribution in [3.63, 3.8) is 0 Å². The Balaban J connectivity index is 1.48. The Kier molecular flexibility index (Phi) is 6.79. The third kappa shape index (κ3) is 5.24. The zero-order valence-electron chi connectivity index (χ0n) is 18.4. The van der Waals surface area contributed by atoms with Crippen molar-refractivity contribution >= 4 is 28.8 Å². The molecule has 2 aromatic heterocycles. The first kappa shape index (κ1) is 22.4. The lowest BCUT2D eigenvalue weighted by atomic mass is 10.0. The van der Waals surface area contributed by atoms with Gasteiger partial charge in [0.25, 0.3) is 0 Å². The number of thiophene rings is 1. The summed E-state index contributed by atoms with van der Waals surface area (Å²) in [7, 11) is 0. The molecule has 0 unspecified atom stereocenters. The number of nitrogens with zero attached hydrogens (tertiary/aromatic N) is 2. The molecule has 0 N–H and O–H groups in total. The second-order valence-corrected chi connectivity index (χ2v) is 9.31. The van der Waals surface area contributed by atoms with Gasteiger partial charge in [-0.3, -0.25) is 9.78 Å². The number of benzene rings is 2. The summed E-state index contributed by atoms with van der Waals surface area (Å²) in [6.07, 6.45) is 3.91. The lowest BCUT2D eigenvalue weighted by Gasteiger charge is -2.20. The Bertz CT molecular complexity index is 1280. The fourth-order valence-electron chi connectivity index (χ4n) is 3.96. The van der Waals surface area contributed by atoms with Gasteiger partial charge in [0.15, 0.2) is 11.5 Å². The molecule has 0 saturated heterocycles. The van der Waals surface area contributed by atoms with Crippen LogP contribution in [0.1, 0.15) is 16.7 Å². The highest BCUT2D eigenvalue weighted by Gasteiger charge is 2.24. The predicted molar refractivity (Wildman–Crippen MR) is 134 cm³/mol. The molecule has 172 valence electrons. The van der Waals surface area contributed by atoms with E-state index in [2.05, 4.69) is 11.1 Å². The number of carbonyl (C=O) groups is 1. The molecule has 4 aromatic rings. The standard InChI is InChI=1S/C27H23ClN2O3S/c28-24-5-1-4-21(13-24)22-12-23-16-30(26(31)11-19-6-10-34-18-19)8-9-32-27(23)25(14-22)33-17-20-3-2-7-29-15-20/h1-7,10,12-15,18H,8-9,11,16-17H2. The fraction of sp³-hybridized carbons (Fsp3) is 0.185. The third-order valence-electron chi connectivity index (χ3n) is 5.66. The van der Waals surface area contributed by atoms with E-state index >= 15 is 0 Å². The summed E-state index contributed by atoms with van der Waals surface area (Å²) in [4.78, 5) is 19.1. The van der Waals surface area contributed by atoms with Crippen LogP contribution in [-0.2, 0) is 24.4 Å². The van der Waals surface area contributed by atoms with E-state index in [0.717, 1.165) is 27.8 Å². The van der Waals surface area contributed by atoms with Crippen LogP contribution in [-0.4, -0.2) is 28.9 Å². The van der Waals surface area contributed by atoms with Gasteiger partial charge in [-0.25, -0.2) is 0 Å². The number of pyridine rings is 1. The normalized spacial score (nSPS) is 13.0. The first-order valence-corrected chi connectivity index (χ1v) is 12.3. The SMILES string of the molecule is O=C(Cc1ccsc1)N1CCOc2c(cc(-c3cccc(Cl)c3)cc2OCc2cccnc2)C1. The lowest BCUT2D eigenvalue weighted by Crippen LogP contribution is -2.33. The fourth-order valence-corrected chi connectivity index (χ4v) is 4.82. The highest BCUT2D eigenvalue weighted by molar-refractivity contribution is 7.08. The minimum absolute atomic E-state index is 0.0841. The Labute approximate surface area is 207 Å². The quantitative estimate of drug-likeness (QED) is 0.332. The second kappa shape index (κ2) is 10.3. The molecule has 0 saturated carbocycles. The highest BCUT2D eigenvalue weighted by atomic mass is 35.5. The number of hydrogen-bond acceptors (Lipinski definition) is 5. The van der Waals surface area contributed by atoms with Crippen LogP contribution in [0.5, 0.6) is 11.5 Å². The molecule has 0 atom stereocenters. The van der Waals surface area contributed by atoms with Crippen LogP contribution < -0.4 is 9.47 Å². The number of carbonyl (C=O) groups excluding carboxylic acids is 1. The van der Waals surface area contributed by atoms with Gasteiger partial charge in [-0.1, -0.05) is 29.8 Å². The van der Waals surface area contributed by atoms with Crippen molar-refractivity contribution < 1.29 is 14.3 Å². The van der Waals surface area contributed by atoms with Crippen LogP contribution in [0.25, 0.3) is 11.1 Å².